The molecule has 0 spiro atoms. The van der Waals surface area contributed by atoms with E-state index in [4.69, 9.17) is 34.8 Å². The fourth-order valence-corrected chi connectivity index (χ4v) is 3.78. The van der Waals surface area contributed by atoms with Gasteiger partial charge in [0, 0.05) is 12.3 Å². The van der Waals surface area contributed by atoms with Crippen LogP contribution in [0.1, 0.15) is 18.5 Å². The molecular formula is C19H16Cl3N3O3S. The van der Waals surface area contributed by atoms with Crippen LogP contribution in [0.3, 0.4) is 0 Å². The Kier molecular flexibility index (Phi) is 6.24. The summed E-state index contributed by atoms with van der Waals surface area (Å²) in [4.78, 5) is 12.5. The molecule has 152 valence electrons. The van der Waals surface area contributed by atoms with E-state index in [2.05, 4.69) is 10.4 Å². The zero-order chi connectivity index (χ0) is 21.3. The van der Waals surface area contributed by atoms with Crippen LogP contribution in [0, 0.1) is 0 Å². The van der Waals surface area contributed by atoms with Crippen molar-refractivity contribution in [3.63, 3.8) is 0 Å². The molecule has 0 saturated heterocycles. The van der Waals surface area contributed by atoms with Gasteiger partial charge in [0.05, 0.1) is 32.5 Å². The number of hydrogen-bond donors (Lipinski definition) is 1. The summed E-state index contributed by atoms with van der Waals surface area (Å²) in [7, 11) is -3.24. The second-order valence-corrected chi connectivity index (χ2v) is 9.60. The SMILES string of the molecule is CC(Nc1ccc(-n2ncc(Cl)c(Cl)c2=O)cc1Cl)c1ccc(S(C)(=O)=O)cc1. The highest BCUT2D eigenvalue weighted by Crippen LogP contribution is 2.29. The van der Waals surface area contributed by atoms with E-state index in [1.54, 1.807) is 42.5 Å². The van der Waals surface area contributed by atoms with Crippen LogP contribution in [0.4, 0.5) is 5.69 Å². The molecule has 3 aromatic rings. The summed E-state index contributed by atoms with van der Waals surface area (Å²) >= 11 is 18.1. The predicted molar refractivity (Wildman–Crippen MR) is 116 cm³/mol. The molecule has 0 aliphatic carbocycles. The maximum Gasteiger partial charge on any atom is 0.291 e. The monoisotopic (exact) mass is 471 g/mol. The van der Waals surface area contributed by atoms with Crippen molar-refractivity contribution in [2.45, 2.75) is 17.9 Å². The number of hydrogen-bond acceptors (Lipinski definition) is 5. The molecule has 2 aromatic carbocycles. The molecule has 0 fully saturated rings. The average molecular weight is 473 g/mol. The Hall–Kier alpha value is -2.06. The van der Waals surface area contributed by atoms with Gasteiger partial charge in [0.2, 0.25) is 0 Å². The van der Waals surface area contributed by atoms with E-state index in [0.29, 0.717) is 16.4 Å². The van der Waals surface area contributed by atoms with Crippen molar-refractivity contribution in [1.29, 1.82) is 0 Å². The lowest BCUT2D eigenvalue weighted by Gasteiger charge is -2.18. The molecule has 0 radical (unpaired) electrons. The van der Waals surface area contributed by atoms with Gasteiger partial charge in [0.25, 0.3) is 5.56 Å². The molecule has 0 amide bonds. The van der Waals surface area contributed by atoms with E-state index in [-0.39, 0.29) is 21.0 Å². The topological polar surface area (TPSA) is 81.1 Å². The first-order valence-corrected chi connectivity index (χ1v) is 11.4. The molecule has 1 atom stereocenters. The second kappa shape index (κ2) is 8.36. The Balaban J connectivity index is 1.84. The van der Waals surface area contributed by atoms with Gasteiger partial charge in [0.15, 0.2) is 9.84 Å². The summed E-state index contributed by atoms with van der Waals surface area (Å²) in [5, 5.41) is 7.57. The molecule has 0 saturated carbocycles. The zero-order valence-corrected chi connectivity index (χ0v) is 18.4. The fraction of sp³-hybridized carbons (Fsp3) is 0.158. The second-order valence-electron chi connectivity index (χ2n) is 6.39. The van der Waals surface area contributed by atoms with Crippen molar-refractivity contribution in [2.24, 2.45) is 0 Å². The van der Waals surface area contributed by atoms with Gasteiger partial charge in [-0.1, -0.05) is 46.9 Å². The molecule has 3 rings (SSSR count). The van der Waals surface area contributed by atoms with Crippen LogP contribution in [0.25, 0.3) is 5.69 Å². The molecule has 6 nitrogen and oxygen atoms in total. The van der Waals surface area contributed by atoms with Gasteiger partial charge >= 0.3 is 0 Å². The Morgan fingerprint density at radius 1 is 1.03 bits per heavy atom. The molecular weight excluding hydrogens is 457 g/mol. The highest BCUT2D eigenvalue weighted by Gasteiger charge is 2.13. The summed E-state index contributed by atoms with van der Waals surface area (Å²) in [6.45, 7) is 1.92. The van der Waals surface area contributed by atoms with Crippen LogP contribution in [0.5, 0.6) is 0 Å². The fourth-order valence-electron chi connectivity index (χ4n) is 2.67. The standard InChI is InChI=1S/C19H16Cl3N3O3S/c1-11(12-3-6-14(7-4-12)29(2,27)28)24-17-8-5-13(9-15(17)20)25-19(26)18(22)16(21)10-23-25/h3-11,24H,1-2H3. The van der Waals surface area contributed by atoms with Crippen molar-refractivity contribution in [2.75, 3.05) is 11.6 Å². The van der Waals surface area contributed by atoms with Crippen molar-refractivity contribution in [1.82, 2.24) is 9.78 Å². The number of sulfone groups is 1. The molecule has 0 aliphatic heterocycles. The molecule has 10 heteroatoms. The molecule has 1 unspecified atom stereocenters. The van der Waals surface area contributed by atoms with Crippen LogP contribution in [0.15, 0.2) is 58.4 Å². The van der Waals surface area contributed by atoms with E-state index in [1.165, 1.54) is 12.5 Å². The largest absolute Gasteiger partial charge is 0.377 e. The third kappa shape index (κ3) is 4.75. The van der Waals surface area contributed by atoms with Gasteiger partial charge in [-0.3, -0.25) is 4.79 Å². The quantitative estimate of drug-likeness (QED) is 0.578. The van der Waals surface area contributed by atoms with Crippen molar-refractivity contribution in [3.05, 3.63) is 79.6 Å². The minimum atomic E-state index is -3.24. The van der Waals surface area contributed by atoms with Crippen LogP contribution >= 0.6 is 34.8 Å². The highest BCUT2D eigenvalue weighted by molar-refractivity contribution is 7.90. The molecule has 1 heterocycles. The maximum atomic E-state index is 12.2. The lowest BCUT2D eigenvalue weighted by atomic mass is 10.1. The smallest absolute Gasteiger partial charge is 0.291 e. The molecule has 29 heavy (non-hydrogen) atoms. The lowest BCUT2D eigenvalue weighted by molar-refractivity contribution is 0.602. The van der Waals surface area contributed by atoms with Gasteiger partial charge in [-0.25, -0.2) is 8.42 Å². The van der Waals surface area contributed by atoms with Crippen molar-refractivity contribution in [3.8, 4) is 5.69 Å². The first-order chi connectivity index (χ1) is 13.6. The van der Waals surface area contributed by atoms with Gasteiger partial charge in [0.1, 0.15) is 5.02 Å². The molecule has 1 aromatic heterocycles. The molecule has 1 N–H and O–H groups in total. The minimum Gasteiger partial charge on any atom is -0.377 e. The van der Waals surface area contributed by atoms with Crippen LogP contribution < -0.4 is 10.9 Å². The first-order valence-electron chi connectivity index (χ1n) is 8.37. The summed E-state index contributed by atoms with van der Waals surface area (Å²) in [6, 6.07) is 11.5. The molecule has 0 bridgehead atoms. The van der Waals surface area contributed by atoms with Crippen molar-refractivity contribution >= 4 is 50.3 Å². The third-order valence-corrected chi connectivity index (χ3v) is 6.44. The van der Waals surface area contributed by atoms with Gasteiger partial charge in [-0.2, -0.15) is 9.78 Å². The van der Waals surface area contributed by atoms with Gasteiger partial charge in [-0.05, 0) is 42.8 Å². The van der Waals surface area contributed by atoms with Gasteiger partial charge in [-0.15, -0.1) is 0 Å². The van der Waals surface area contributed by atoms with Crippen LogP contribution in [-0.4, -0.2) is 24.5 Å². The number of halogens is 3. The number of benzene rings is 2. The number of nitrogens with one attached hydrogen (secondary N) is 1. The summed E-state index contributed by atoms with van der Waals surface area (Å²) in [6.07, 6.45) is 2.45. The molecule has 0 aliphatic rings. The van der Waals surface area contributed by atoms with Gasteiger partial charge < -0.3 is 5.32 Å². The normalized spacial score (nSPS) is 12.6. The van der Waals surface area contributed by atoms with E-state index < -0.39 is 15.4 Å². The summed E-state index contributed by atoms with van der Waals surface area (Å²) in [5.41, 5.74) is 1.42. The van der Waals surface area contributed by atoms with Crippen LogP contribution in [-0.2, 0) is 9.84 Å². The Bertz CT molecular complexity index is 1230. The number of nitrogens with zero attached hydrogens (tertiary/aromatic N) is 2. The third-order valence-electron chi connectivity index (χ3n) is 4.25. The minimum absolute atomic E-state index is 0.0769. The highest BCUT2D eigenvalue weighted by atomic mass is 35.5. The first kappa shape index (κ1) is 21.6. The van der Waals surface area contributed by atoms with Crippen LogP contribution in [0.2, 0.25) is 15.1 Å². The number of anilines is 1. The Morgan fingerprint density at radius 3 is 2.28 bits per heavy atom. The predicted octanol–water partition coefficient (Wildman–Crippen LogP) is 4.77. The Labute approximate surface area is 183 Å². The van der Waals surface area contributed by atoms with Crippen molar-refractivity contribution < 1.29 is 8.42 Å². The number of rotatable bonds is 5. The Morgan fingerprint density at radius 2 is 1.69 bits per heavy atom. The lowest BCUT2D eigenvalue weighted by Crippen LogP contribution is -2.21. The summed E-state index contributed by atoms with van der Waals surface area (Å²) < 4.78 is 24.3. The van der Waals surface area contributed by atoms with E-state index in [1.807, 2.05) is 6.92 Å². The average Bonchev–Trinajstić information content (AvgIpc) is 2.67. The summed E-state index contributed by atoms with van der Waals surface area (Å²) in [5.74, 6) is 0. The van der Waals surface area contributed by atoms with E-state index in [9.17, 15) is 13.2 Å². The van der Waals surface area contributed by atoms with E-state index in [0.717, 1.165) is 10.2 Å². The van der Waals surface area contributed by atoms with E-state index >= 15 is 0 Å². The zero-order valence-electron chi connectivity index (χ0n) is 15.4. The number of aromatic nitrogens is 2. The maximum absolute atomic E-state index is 12.2.